The van der Waals surface area contributed by atoms with E-state index >= 15 is 0 Å². The summed E-state index contributed by atoms with van der Waals surface area (Å²) in [4.78, 5) is 28.7. The van der Waals surface area contributed by atoms with Crippen LogP contribution in [0.1, 0.15) is 43.2 Å². The van der Waals surface area contributed by atoms with Crippen LogP contribution in [0.5, 0.6) is 0 Å². The number of nitrogens with one attached hydrogen (secondary N) is 2. The highest BCUT2D eigenvalue weighted by atomic mass is 16.2. The van der Waals surface area contributed by atoms with E-state index in [4.69, 9.17) is 0 Å². The van der Waals surface area contributed by atoms with Gasteiger partial charge in [0.15, 0.2) is 0 Å². The van der Waals surface area contributed by atoms with Crippen molar-refractivity contribution < 1.29 is 9.59 Å². The predicted molar refractivity (Wildman–Crippen MR) is 108 cm³/mol. The van der Waals surface area contributed by atoms with Crippen molar-refractivity contribution in [3.8, 4) is 0 Å². The maximum atomic E-state index is 12.3. The van der Waals surface area contributed by atoms with Gasteiger partial charge in [0, 0.05) is 25.2 Å². The molecule has 0 unspecified atom stereocenters. The van der Waals surface area contributed by atoms with Crippen LogP contribution in [0.3, 0.4) is 0 Å². The Kier molecular flexibility index (Phi) is 6.72. The molecular formula is C21H32N4O2. The lowest BCUT2D eigenvalue weighted by Crippen LogP contribution is -2.44. The third-order valence-electron chi connectivity index (χ3n) is 5.65. The van der Waals surface area contributed by atoms with Crippen LogP contribution in [0.15, 0.2) is 18.2 Å². The number of likely N-dealkylation sites (tertiary alicyclic amines) is 1. The lowest BCUT2D eigenvalue weighted by Gasteiger charge is -2.26. The van der Waals surface area contributed by atoms with Crippen LogP contribution in [-0.2, 0) is 4.79 Å². The van der Waals surface area contributed by atoms with Crippen LogP contribution >= 0.6 is 0 Å². The van der Waals surface area contributed by atoms with Gasteiger partial charge >= 0.3 is 6.03 Å². The highest BCUT2D eigenvalue weighted by Crippen LogP contribution is 2.24. The van der Waals surface area contributed by atoms with Gasteiger partial charge in [-0.15, -0.1) is 0 Å². The average molecular weight is 373 g/mol. The van der Waals surface area contributed by atoms with E-state index in [0.29, 0.717) is 19.5 Å². The molecule has 1 aromatic carbocycles. The summed E-state index contributed by atoms with van der Waals surface area (Å²) in [5.41, 5.74) is 3.29. The SMILES string of the molecule is Cc1ccc(N2C[C@@H](NC(=O)NCCCN3CCCCC3)CC2=O)cc1C. The maximum absolute atomic E-state index is 12.3. The Morgan fingerprint density at radius 2 is 1.93 bits per heavy atom. The average Bonchev–Trinajstić information content (AvgIpc) is 3.02. The molecule has 0 radical (unpaired) electrons. The molecule has 1 aromatic rings. The smallest absolute Gasteiger partial charge is 0.315 e. The predicted octanol–water partition coefficient (Wildman–Crippen LogP) is 2.58. The summed E-state index contributed by atoms with van der Waals surface area (Å²) in [6.45, 7) is 8.72. The van der Waals surface area contributed by atoms with Crippen LogP contribution in [0.2, 0.25) is 0 Å². The van der Waals surface area contributed by atoms with Crippen molar-refractivity contribution in [3.63, 3.8) is 0 Å². The van der Waals surface area contributed by atoms with Crippen molar-refractivity contribution in [1.82, 2.24) is 15.5 Å². The number of hydrogen-bond acceptors (Lipinski definition) is 3. The zero-order valence-electron chi connectivity index (χ0n) is 16.6. The second-order valence-electron chi connectivity index (χ2n) is 7.83. The molecular weight excluding hydrogens is 340 g/mol. The van der Waals surface area contributed by atoms with Crippen LogP contribution in [-0.4, -0.2) is 55.6 Å². The highest BCUT2D eigenvalue weighted by Gasteiger charge is 2.31. The first-order chi connectivity index (χ1) is 13.0. The normalized spacial score (nSPS) is 20.7. The fraction of sp³-hybridized carbons (Fsp3) is 0.619. The van der Waals surface area contributed by atoms with Crippen molar-refractivity contribution in [2.45, 2.75) is 52.0 Å². The summed E-state index contributed by atoms with van der Waals surface area (Å²) >= 11 is 0. The van der Waals surface area contributed by atoms with Crippen LogP contribution in [0.25, 0.3) is 0 Å². The molecule has 2 fully saturated rings. The lowest BCUT2D eigenvalue weighted by atomic mass is 10.1. The van der Waals surface area contributed by atoms with Crippen molar-refractivity contribution in [3.05, 3.63) is 29.3 Å². The number of hydrogen-bond donors (Lipinski definition) is 2. The molecule has 2 aliphatic rings. The molecule has 2 heterocycles. The van der Waals surface area contributed by atoms with Crippen LogP contribution < -0.4 is 15.5 Å². The van der Waals surface area contributed by atoms with Crippen molar-refractivity contribution >= 4 is 17.6 Å². The van der Waals surface area contributed by atoms with Crippen molar-refractivity contribution in [2.75, 3.05) is 37.6 Å². The minimum Gasteiger partial charge on any atom is -0.338 e. The Labute approximate surface area is 162 Å². The summed E-state index contributed by atoms with van der Waals surface area (Å²) in [6.07, 6.45) is 5.25. The van der Waals surface area contributed by atoms with E-state index < -0.39 is 0 Å². The highest BCUT2D eigenvalue weighted by molar-refractivity contribution is 5.96. The minimum atomic E-state index is -0.173. The number of carbonyl (C=O) groups excluding carboxylic acids is 2. The van der Waals surface area contributed by atoms with Gasteiger partial charge in [0.25, 0.3) is 0 Å². The first kappa shape index (κ1) is 19.7. The molecule has 27 heavy (non-hydrogen) atoms. The molecule has 2 N–H and O–H groups in total. The maximum Gasteiger partial charge on any atom is 0.315 e. The quantitative estimate of drug-likeness (QED) is 0.755. The first-order valence-electron chi connectivity index (χ1n) is 10.2. The summed E-state index contributed by atoms with van der Waals surface area (Å²) in [7, 11) is 0. The van der Waals surface area contributed by atoms with Crippen molar-refractivity contribution in [2.24, 2.45) is 0 Å². The van der Waals surface area contributed by atoms with E-state index in [9.17, 15) is 9.59 Å². The van der Waals surface area contributed by atoms with E-state index in [2.05, 4.69) is 22.5 Å². The van der Waals surface area contributed by atoms with E-state index in [1.807, 2.05) is 25.1 Å². The molecule has 3 rings (SSSR count). The molecule has 3 amide bonds. The molecule has 0 saturated carbocycles. The fourth-order valence-electron chi connectivity index (χ4n) is 3.87. The lowest BCUT2D eigenvalue weighted by molar-refractivity contribution is -0.117. The Balaban J connectivity index is 1.39. The van der Waals surface area contributed by atoms with E-state index in [-0.39, 0.29) is 18.0 Å². The van der Waals surface area contributed by atoms with Gasteiger partial charge in [0.05, 0.1) is 6.04 Å². The molecule has 6 nitrogen and oxygen atoms in total. The third-order valence-corrected chi connectivity index (χ3v) is 5.65. The molecule has 148 valence electrons. The number of amides is 3. The number of benzene rings is 1. The number of carbonyl (C=O) groups is 2. The number of anilines is 1. The van der Waals surface area contributed by atoms with Gasteiger partial charge < -0.3 is 20.4 Å². The monoisotopic (exact) mass is 372 g/mol. The fourth-order valence-corrected chi connectivity index (χ4v) is 3.87. The molecule has 1 atom stereocenters. The number of nitrogens with zero attached hydrogens (tertiary/aromatic N) is 2. The minimum absolute atomic E-state index is 0.0636. The second-order valence-corrected chi connectivity index (χ2v) is 7.83. The van der Waals surface area contributed by atoms with E-state index in [1.54, 1.807) is 4.90 Å². The van der Waals surface area contributed by atoms with Gasteiger partial charge in [-0.2, -0.15) is 0 Å². The van der Waals surface area contributed by atoms with Gasteiger partial charge in [0.2, 0.25) is 5.91 Å². The van der Waals surface area contributed by atoms with Gasteiger partial charge in [-0.3, -0.25) is 4.79 Å². The zero-order valence-corrected chi connectivity index (χ0v) is 16.6. The number of rotatable bonds is 6. The summed E-state index contributed by atoms with van der Waals surface area (Å²) in [5, 5.41) is 5.88. The Hall–Kier alpha value is -2.08. The van der Waals surface area contributed by atoms with E-state index in [0.717, 1.165) is 18.7 Å². The van der Waals surface area contributed by atoms with E-state index in [1.165, 1.54) is 43.5 Å². The molecule has 0 spiro atoms. The molecule has 0 aliphatic carbocycles. The number of piperidine rings is 1. The number of aryl methyl sites for hydroxylation is 2. The standard InChI is InChI=1S/C21H32N4O2/c1-16-7-8-19(13-17(16)2)25-15-18(14-20(25)26)23-21(27)22-9-6-12-24-10-4-3-5-11-24/h7-8,13,18H,3-6,9-12,14-15H2,1-2H3,(H2,22,23,27)/t18-/m0/s1. The van der Waals surface area contributed by atoms with Gasteiger partial charge in [-0.1, -0.05) is 12.5 Å². The van der Waals surface area contributed by atoms with Crippen LogP contribution in [0.4, 0.5) is 10.5 Å². The molecule has 0 bridgehead atoms. The Bertz CT molecular complexity index is 670. The summed E-state index contributed by atoms with van der Waals surface area (Å²) in [5.74, 6) is 0.0636. The number of urea groups is 1. The largest absolute Gasteiger partial charge is 0.338 e. The molecule has 2 aliphatic heterocycles. The van der Waals surface area contributed by atoms with Crippen LogP contribution in [0, 0.1) is 13.8 Å². The van der Waals surface area contributed by atoms with Crippen molar-refractivity contribution in [1.29, 1.82) is 0 Å². The second kappa shape index (κ2) is 9.22. The molecule has 0 aromatic heterocycles. The molecule has 2 saturated heterocycles. The summed E-state index contributed by atoms with van der Waals surface area (Å²) in [6, 6.07) is 5.74. The first-order valence-corrected chi connectivity index (χ1v) is 10.2. The van der Waals surface area contributed by atoms with Gasteiger partial charge in [-0.25, -0.2) is 4.79 Å². The van der Waals surface area contributed by atoms with Gasteiger partial charge in [0.1, 0.15) is 0 Å². The Morgan fingerprint density at radius 3 is 2.67 bits per heavy atom. The topological polar surface area (TPSA) is 64.7 Å². The molecule has 6 heteroatoms. The third kappa shape index (κ3) is 5.45. The Morgan fingerprint density at radius 1 is 1.15 bits per heavy atom. The van der Waals surface area contributed by atoms with Gasteiger partial charge in [-0.05, 0) is 76.0 Å². The summed E-state index contributed by atoms with van der Waals surface area (Å²) < 4.78 is 0. The zero-order chi connectivity index (χ0) is 19.2.